The van der Waals surface area contributed by atoms with Crippen molar-refractivity contribution in [3.05, 3.63) is 0 Å². The fourth-order valence-electron chi connectivity index (χ4n) is 1.11. The number of halogens is 1. The summed E-state index contributed by atoms with van der Waals surface area (Å²) in [7, 11) is 3.45. The van der Waals surface area contributed by atoms with Gasteiger partial charge >= 0.3 is 0 Å². The van der Waals surface area contributed by atoms with Gasteiger partial charge in [0.15, 0.2) is 5.96 Å². The zero-order chi connectivity index (χ0) is 12.4. The fourth-order valence-corrected chi connectivity index (χ4v) is 1.11. The van der Waals surface area contributed by atoms with E-state index in [0.717, 1.165) is 25.6 Å². The minimum atomic E-state index is 0. The normalized spacial score (nSPS) is 11.9. The van der Waals surface area contributed by atoms with E-state index >= 15 is 0 Å². The molecule has 0 aliphatic carbocycles. The van der Waals surface area contributed by atoms with E-state index in [9.17, 15) is 0 Å². The standard InChI is InChI=1S/C11H26N4O.HI/c1-11(2,3)15-7-6-13-10(12-4)14-8-9-16-5;/h15H,6-9H2,1-5H3,(H2,12,13,14);1H. The van der Waals surface area contributed by atoms with E-state index in [1.807, 2.05) is 0 Å². The van der Waals surface area contributed by atoms with Gasteiger partial charge in [-0.05, 0) is 20.8 Å². The maximum atomic E-state index is 4.95. The van der Waals surface area contributed by atoms with Crippen molar-refractivity contribution in [2.45, 2.75) is 26.3 Å². The number of aliphatic imine (C=N–C) groups is 1. The highest BCUT2D eigenvalue weighted by atomic mass is 127. The first-order valence-corrected chi connectivity index (χ1v) is 5.68. The Kier molecular flexibility index (Phi) is 12.5. The molecule has 0 unspecified atom stereocenters. The molecule has 0 aromatic heterocycles. The second-order valence-electron chi connectivity index (χ2n) is 4.60. The molecule has 0 radical (unpaired) electrons. The van der Waals surface area contributed by atoms with E-state index in [4.69, 9.17) is 4.74 Å². The molecule has 0 fully saturated rings. The number of rotatable bonds is 6. The van der Waals surface area contributed by atoms with Crippen LogP contribution in [0.25, 0.3) is 0 Å². The highest BCUT2D eigenvalue weighted by Crippen LogP contribution is 1.96. The molecule has 104 valence electrons. The van der Waals surface area contributed by atoms with Crippen molar-refractivity contribution in [1.29, 1.82) is 0 Å². The highest BCUT2D eigenvalue weighted by Gasteiger charge is 2.07. The van der Waals surface area contributed by atoms with Gasteiger partial charge in [-0.1, -0.05) is 0 Å². The van der Waals surface area contributed by atoms with E-state index in [1.165, 1.54) is 0 Å². The van der Waals surface area contributed by atoms with Gasteiger partial charge in [-0.25, -0.2) is 0 Å². The third kappa shape index (κ3) is 13.9. The van der Waals surface area contributed by atoms with Gasteiger partial charge in [0.2, 0.25) is 0 Å². The van der Waals surface area contributed by atoms with Gasteiger partial charge in [0.25, 0.3) is 0 Å². The fraction of sp³-hybridized carbons (Fsp3) is 0.909. The molecule has 0 amide bonds. The molecular weight excluding hydrogens is 331 g/mol. The number of guanidine groups is 1. The Morgan fingerprint density at radius 3 is 2.18 bits per heavy atom. The molecule has 0 atom stereocenters. The van der Waals surface area contributed by atoms with Crippen LogP contribution in [0.1, 0.15) is 20.8 Å². The second kappa shape index (κ2) is 11.0. The van der Waals surface area contributed by atoms with Crippen LogP contribution in [0.15, 0.2) is 4.99 Å². The maximum Gasteiger partial charge on any atom is 0.191 e. The molecule has 0 rings (SSSR count). The summed E-state index contributed by atoms with van der Waals surface area (Å²) < 4.78 is 4.95. The van der Waals surface area contributed by atoms with Crippen molar-refractivity contribution >= 4 is 29.9 Å². The lowest BCUT2D eigenvalue weighted by atomic mass is 10.1. The first-order chi connectivity index (χ1) is 7.49. The lowest BCUT2D eigenvalue weighted by Gasteiger charge is -2.21. The van der Waals surface area contributed by atoms with Gasteiger partial charge < -0.3 is 20.7 Å². The van der Waals surface area contributed by atoms with Crippen molar-refractivity contribution in [1.82, 2.24) is 16.0 Å². The summed E-state index contributed by atoms with van der Waals surface area (Å²) >= 11 is 0. The molecule has 0 aliphatic heterocycles. The van der Waals surface area contributed by atoms with Crippen molar-refractivity contribution in [3.8, 4) is 0 Å². The van der Waals surface area contributed by atoms with Gasteiger partial charge in [-0.15, -0.1) is 24.0 Å². The average Bonchev–Trinajstić information content (AvgIpc) is 2.20. The second-order valence-corrected chi connectivity index (χ2v) is 4.60. The first-order valence-electron chi connectivity index (χ1n) is 5.68. The predicted octanol–water partition coefficient (Wildman–Crippen LogP) is 0.804. The van der Waals surface area contributed by atoms with Crippen LogP contribution in [-0.2, 0) is 4.74 Å². The first kappa shape index (κ1) is 19.3. The van der Waals surface area contributed by atoms with Gasteiger partial charge in [0.05, 0.1) is 6.61 Å². The molecule has 0 aromatic rings. The number of nitrogens with zero attached hydrogens (tertiary/aromatic N) is 1. The third-order valence-electron chi connectivity index (χ3n) is 1.90. The largest absolute Gasteiger partial charge is 0.383 e. The third-order valence-corrected chi connectivity index (χ3v) is 1.90. The zero-order valence-electron chi connectivity index (χ0n) is 11.6. The average molecular weight is 358 g/mol. The Morgan fingerprint density at radius 1 is 1.12 bits per heavy atom. The topological polar surface area (TPSA) is 57.7 Å². The van der Waals surface area contributed by atoms with E-state index in [2.05, 4.69) is 41.7 Å². The van der Waals surface area contributed by atoms with Gasteiger partial charge in [0, 0.05) is 39.3 Å². The van der Waals surface area contributed by atoms with E-state index < -0.39 is 0 Å². The number of methoxy groups -OCH3 is 1. The minimum absolute atomic E-state index is 0. The Labute approximate surface area is 122 Å². The molecule has 0 saturated heterocycles. The minimum Gasteiger partial charge on any atom is -0.383 e. The summed E-state index contributed by atoms with van der Waals surface area (Å²) in [5.41, 5.74) is 0.161. The van der Waals surface area contributed by atoms with Gasteiger partial charge in [0.1, 0.15) is 0 Å². The number of hydrogen-bond donors (Lipinski definition) is 3. The Bertz CT molecular complexity index is 204. The van der Waals surface area contributed by atoms with Gasteiger partial charge in [-0.3, -0.25) is 4.99 Å². The predicted molar refractivity (Wildman–Crippen MR) is 84.4 cm³/mol. The van der Waals surface area contributed by atoms with E-state index in [-0.39, 0.29) is 29.5 Å². The zero-order valence-corrected chi connectivity index (χ0v) is 13.9. The van der Waals surface area contributed by atoms with Crippen molar-refractivity contribution in [3.63, 3.8) is 0 Å². The lowest BCUT2D eigenvalue weighted by Crippen LogP contribution is -2.45. The monoisotopic (exact) mass is 358 g/mol. The van der Waals surface area contributed by atoms with Gasteiger partial charge in [-0.2, -0.15) is 0 Å². The quantitative estimate of drug-likeness (QED) is 0.285. The molecule has 0 saturated carbocycles. The summed E-state index contributed by atoms with van der Waals surface area (Å²) in [6.07, 6.45) is 0. The Balaban J connectivity index is 0. The highest BCUT2D eigenvalue weighted by molar-refractivity contribution is 14.0. The molecule has 5 nitrogen and oxygen atoms in total. The molecule has 0 aliphatic rings. The van der Waals surface area contributed by atoms with Crippen LogP contribution in [-0.4, -0.2) is 51.9 Å². The molecule has 3 N–H and O–H groups in total. The molecule has 0 aromatic carbocycles. The Hall–Kier alpha value is -0.0800. The van der Waals surface area contributed by atoms with E-state index in [1.54, 1.807) is 14.2 Å². The molecule has 6 heteroatoms. The van der Waals surface area contributed by atoms with Crippen LogP contribution in [0.5, 0.6) is 0 Å². The Morgan fingerprint density at radius 2 is 1.71 bits per heavy atom. The molecule has 0 spiro atoms. The van der Waals surface area contributed by atoms with E-state index in [0.29, 0.717) is 6.61 Å². The number of hydrogen-bond acceptors (Lipinski definition) is 3. The maximum absolute atomic E-state index is 4.95. The summed E-state index contributed by atoms with van der Waals surface area (Å²) in [6.45, 7) is 9.66. The smallest absolute Gasteiger partial charge is 0.191 e. The summed E-state index contributed by atoms with van der Waals surface area (Å²) in [6, 6.07) is 0. The summed E-state index contributed by atoms with van der Waals surface area (Å²) in [5.74, 6) is 0.813. The van der Waals surface area contributed by atoms with Crippen LogP contribution in [0.2, 0.25) is 0 Å². The van der Waals surface area contributed by atoms with Crippen molar-refractivity contribution in [2.24, 2.45) is 4.99 Å². The van der Waals surface area contributed by atoms with Crippen LogP contribution in [0, 0.1) is 0 Å². The van der Waals surface area contributed by atoms with Crippen LogP contribution in [0.4, 0.5) is 0 Å². The lowest BCUT2D eigenvalue weighted by molar-refractivity contribution is 0.203. The SMILES string of the molecule is CN=C(NCCNC(C)(C)C)NCCOC.I. The molecular formula is C11H27IN4O. The molecule has 0 heterocycles. The van der Waals surface area contributed by atoms with Crippen LogP contribution < -0.4 is 16.0 Å². The number of nitrogens with one attached hydrogen (secondary N) is 3. The number of ether oxygens (including phenoxy) is 1. The van der Waals surface area contributed by atoms with Crippen LogP contribution in [0.3, 0.4) is 0 Å². The van der Waals surface area contributed by atoms with Crippen LogP contribution >= 0.6 is 24.0 Å². The molecule has 0 bridgehead atoms. The van der Waals surface area contributed by atoms with Crippen molar-refractivity contribution in [2.75, 3.05) is 40.4 Å². The summed E-state index contributed by atoms with van der Waals surface area (Å²) in [5, 5.41) is 9.77. The van der Waals surface area contributed by atoms with Crippen molar-refractivity contribution < 1.29 is 4.74 Å². The summed E-state index contributed by atoms with van der Waals surface area (Å²) in [4.78, 5) is 4.10. The molecule has 17 heavy (non-hydrogen) atoms.